The molecule has 0 amide bonds. The number of anilines is 3. The van der Waals surface area contributed by atoms with Crippen molar-refractivity contribution in [1.82, 2.24) is 4.57 Å². The molecule has 0 saturated heterocycles. The van der Waals surface area contributed by atoms with Gasteiger partial charge in [0.15, 0.2) is 5.58 Å². The summed E-state index contributed by atoms with van der Waals surface area (Å²) in [4.78, 5) is 2.34. The summed E-state index contributed by atoms with van der Waals surface area (Å²) in [7, 11) is 0. The van der Waals surface area contributed by atoms with Crippen molar-refractivity contribution in [3.05, 3.63) is 206 Å². The van der Waals surface area contributed by atoms with E-state index in [4.69, 9.17) is 4.42 Å². The van der Waals surface area contributed by atoms with Crippen molar-refractivity contribution in [3.8, 4) is 27.9 Å². The molecule has 0 aliphatic heterocycles. The van der Waals surface area contributed by atoms with Gasteiger partial charge in [-0.05, 0) is 83.4 Å². The van der Waals surface area contributed by atoms with Gasteiger partial charge >= 0.3 is 0 Å². The van der Waals surface area contributed by atoms with Gasteiger partial charge in [-0.2, -0.15) is 0 Å². The van der Waals surface area contributed by atoms with E-state index in [9.17, 15) is 0 Å². The van der Waals surface area contributed by atoms with E-state index < -0.39 is 0 Å². The SMILES string of the molecule is c1ccc(-n2c3ccccc3c3ccccc32)c(-c2ccc(-c3ccc(N(c4ccc5sc6ccccc6c5c4)c4cccc5c4oc4ccccc45)cc3)cc2)c1. The molecule has 9 aromatic carbocycles. The van der Waals surface area contributed by atoms with Crippen molar-refractivity contribution < 1.29 is 4.42 Å². The molecule has 12 aromatic rings. The van der Waals surface area contributed by atoms with Crippen molar-refractivity contribution in [2.45, 2.75) is 0 Å². The Labute approximate surface area is 338 Å². The molecule has 0 atom stereocenters. The van der Waals surface area contributed by atoms with Crippen molar-refractivity contribution >= 4 is 92.3 Å². The lowest BCUT2D eigenvalue weighted by Gasteiger charge is -2.26. The summed E-state index contributed by atoms with van der Waals surface area (Å²) in [6.07, 6.45) is 0. The fourth-order valence-corrected chi connectivity index (χ4v) is 10.0. The summed E-state index contributed by atoms with van der Waals surface area (Å²) in [5.74, 6) is 0. The topological polar surface area (TPSA) is 21.3 Å². The monoisotopic (exact) mass is 758 g/mol. The summed E-state index contributed by atoms with van der Waals surface area (Å²) in [5.41, 5.74) is 13.2. The van der Waals surface area contributed by atoms with E-state index in [1.165, 1.54) is 64.4 Å². The van der Waals surface area contributed by atoms with Gasteiger partial charge in [-0.15, -0.1) is 11.3 Å². The summed E-state index contributed by atoms with van der Waals surface area (Å²) in [6, 6.07) is 74.4. The Balaban J connectivity index is 0.945. The highest BCUT2D eigenvalue weighted by atomic mass is 32.1. The lowest BCUT2D eigenvalue weighted by atomic mass is 9.98. The number of hydrogen-bond acceptors (Lipinski definition) is 3. The van der Waals surface area contributed by atoms with E-state index in [1.807, 2.05) is 17.4 Å². The summed E-state index contributed by atoms with van der Waals surface area (Å²) in [5, 5.41) is 7.30. The van der Waals surface area contributed by atoms with Gasteiger partial charge in [0, 0.05) is 58.7 Å². The Morgan fingerprint density at radius 2 is 0.966 bits per heavy atom. The fourth-order valence-electron chi connectivity index (χ4n) is 8.93. The minimum absolute atomic E-state index is 0.875. The zero-order valence-electron chi connectivity index (χ0n) is 31.3. The summed E-state index contributed by atoms with van der Waals surface area (Å²) in [6.45, 7) is 0. The first-order valence-electron chi connectivity index (χ1n) is 19.7. The van der Waals surface area contributed by atoms with Crippen molar-refractivity contribution in [2.24, 2.45) is 0 Å². The Bertz CT molecular complexity index is 3460. The molecule has 0 fully saturated rings. The number of aromatic nitrogens is 1. The van der Waals surface area contributed by atoms with Crippen molar-refractivity contribution in [1.29, 1.82) is 0 Å². The van der Waals surface area contributed by atoms with Crippen LogP contribution in [-0.4, -0.2) is 4.57 Å². The molecule has 0 bridgehead atoms. The molecule has 0 N–H and O–H groups in total. The predicted molar refractivity (Wildman–Crippen MR) is 247 cm³/mol. The lowest BCUT2D eigenvalue weighted by Crippen LogP contribution is -2.10. The number of nitrogens with zero attached hydrogens (tertiary/aromatic N) is 2. The Kier molecular flexibility index (Phi) is 7.40. The van der Waals surface area contributed by atoms with Gasteiger partial charge in [0.1, 0.15) is 5.58 Å². The minimum atomic E-state index is 0.875. The van der Waals surface area contributed by atoms with E-state index in [2.05, 4.69) is 210 Å². The van der Waals surface area contributed by atoms with Crippen LogP contribution in [0.1, 0.15) is 0 Å². The van der Waals surface area contributed by atoms with Crippen LogP contribution >= 0.6 is 11.3 Å². The maximum Gasteiger partial charge on any atom is 0.159 e. The van der Waals surface area contributed by atoms with Gasteiger partial charge in [-0.1, -0.05) is 140 Å². The molecule has 0 spiro atoms. The van der Waals surface area contributed by atoms with Crippen LogP contribution in [0.4, 0.5) is 17.1 Å². The number of hydrogen-bond donors (Lipinski definition) is 0. The molecule has 0 unspecified atom stereocenters. The second-order valence-electron chi connectivity index (χ2n) is 14.9. The third-order valence-electron chi connectivity index (χ3n) is 11.6. The zero-order chi connectivity index (χ0) is 38.2. The van der Waals surface area contributed by atoms with Gasteiger partial charge in [0.05, 0.1) is 22.4 Å². The Morgan fingerprint density at radius 1 is 0.397 bits per heavy atom. The molecule has 0 aliphatic carbocycles. The van der Waals surface area contributed by atoms with E-state index in [-0.39, 0.29) is 0 Å². The minimum Gasteiger partial charge on any atom is -0.454 e. The van der Waals surface area contributed by atoms with Crippen LogP contribution in [0, 0.1) is 0 Å². The molecule has 0 radical (unpaired) electrons. The molecule has 12 rings (SSSR count). The number of fused-ring (bicyclic) bond motifs is 9. The molecule has 272 valence electrons. The second kappa shape index (κ2) is 13.1. The molecule has 0 saturated carbocycles. The highest BCUT2D eigenvalue weighted by molar-refractivity contribution is 7.25. The third kappa shape index (κ3) is 5.12. The van der Waals surface area contributed by atoms with Crippen LogP contribution in [0.25, 0.3) is 91.9 Å². The smallest absolute Gasteiger partial charge is 0.159 e. The average Bonchev–Trinajstić information content (AvgIpc) is 3.97. The normalized spacial score (nSPS) is 11.8. The molecule has 3 aromatic heterocycles. The number of para-hydroxylation sites is 5. The van der Waals surface area contributed by atoms with Gasteiger partial charge in [-0.3, -0.25) is 0 Å². The molecule has 58 heavy (non-hydrogen) atoms. The highest BCUT2D eigenvalue weighted by Crippen LogP contribution is 2.45. The quantitative estimate of drug-likeness (QED) is 0.168. The van der Waals surface area contributed by atoms with Crippen LogP contribution in [0.15, 0.2) is 211 Å². The maximum absolute atomic E-state index is 6.62. The first-order valence-corrected chi connectivity index (χ1v) is 20.5. The van der Waals surface area contributed by atoms with Crippen LogP contribution in [0.2, 0.25) is 0 Å². The maximum atomic E-state index is 6.62. The predicted octanol–water partition coefficient (Wildman–Crippen LogP) is 15.9. The van der Waals surface area contributed by atoms with Gasteiger partial charge in [0.25, 0.3) is 0 Å². The summed E-state index contributed by atoms with van der Waals surface area (Å²) >= 11 is 1.84. The fraction of sp³-hybridized carbons (Fsp3) is 0. The lowest BCUT2D eigenvalue weighted by molar-refractivity contribution is 0.669. The molecule has 0 aliphatic rings. The van der Waals surface area contributed by atoms with Crippen LogP contribution in [0.3, 0.4) is 0 Å². The van der Waals surface area contributed by atoms with Crippen LogP contribution in [-0.2, 0) is 0 Å². The molecule has 4 heteroatoms. The molecular weight excluding hydrogens is 725 g/mol. The van der Waals surface area contributed by atoms with Crippen LogP contribution < -0.4 is 4.90 Å². The van der Waals surface area contributed by atoms with Gasteiger partial charge in [0.2, 0.25) is 0 Å². The first-order chi connectivity index (χ1) is 28.8. The zero-order valence-corrected chi connectivity index (χ0v) is 32.2. The second-order valence-corrected chi connectivity index (χ2v) is 16.0. The number of rotatable bonds is 6. The van der Waals surface area contributed by atoms with Gasteiger partial charge in [-0.25, -0.2) is 0 Å². The van der Waals surface area contributed by atoms with E-state index in [0.29, 0.717) is 0 Å². The molecular formula is C54H34N2OS. The Hall–Kier alpha value is -7.40. The molecule has 3 nitrogen and oxygen atoms in total. The summed E-state index contributed by atoms with van der Waals surface area (Å²) < 4.78 is 11.6. The van der Waals surface area contributed by atoms with E-state index in [1.54, 1.807) is 0 Å². The third-order valence-corrected chi connectivity index (χ3v) is 12.8. The number of benzene rings is 9. The Morgan fingerprint density at radius 3 is 1.74 bits per heavy atom. The first kappa shape index (κ1) is 32.8. The van der Waals surface area contributed by atoms with Crippen molar-refractivity contribution in [2.75, 3.05) is 4.90 Å². The number of thiophene rings is 1. The standard InChI is InChI=1S/C54H34N2OS/c1-6-18-47(56-48-19-7-2-13-41(48)42-14-3-8-20-49(42)56)40(12-1)37-26-24-35(25-27-37)36-28-30-38(31-29-36)55(39-32-33-53-46(34-39)44-16-5-10-23-52(44)58-53)50-21-11-17-45-43-15-4-9-22-51(43)57-54(45)50/h1-34H. The average molecular weight is 759 g/mol. The van der Waals surface area contributed by atoms with E-state index in [0.717, 1.165) is 44.6 Å². The largest absolute Gasteiger partial charge is 0.454 e. The van der Waals surface area contributed by atoms with Crippen LogP contribution in [0.5, 0.6) is 0 Å². The van der Waals surface area contributed by atoms with E-state index >= 15 is 0 Å². The number of furan rings is 1. The van der Waals surface area contributed by atoms with Crippen molar-refractivity contribution in [3.63, 3.8) is 0 Å². The van der Waals surface area contributed by atoms with Gasteiger partial charge < -0.3 is 13.9 Å². The molecule has 3 heterocycles. The highest BCUT2D eigenvalue weighted by Gasteiger charge is 2.21.